The van der Waals surface area contributed by atoms with Gasteiger partial charge in [-0.25, -0.2) is 17.6 Å². The second-order valence-electron chi connectivity index (χ2n) is 4.94. The summed E-state index contributed by atoms with van der Waals surface area (Å²) in [7, 11) is 0. The number of nitrogens with zero attached hydrogens (tertiary/aromatic N) is 1. The van der Waals surface area contributed by atoms with Gasteiger partial charge in [0.15, 0.2) is 0 Å². The molecule has 0 bridgehead atoms. The molecule has 0 amide bonds. The highest BCUT2D eigenvalue weighted by Crippen LogP contribution is 2.28. The van der Waals surface area contributed by atoms with Gasteiger partial charge in [0.2, 0.25) is 0 Å². The zero-order valence-electron chi connectivity index (χ0n) is 13.3. The van der Waals surface area contributed by atoms with Crippen molar-refractivity contribution >= 4 is 11.4 Å². The first-order chi connectivity index (χ1) is 10.9. The third-order valence-electron chi connectivity index (χ3n) is 2.97. The molecule has 0 aromatic carbocycles. The molecule has 0 spiro atoms. The summed E-state index contributed by atoms with van der Waals surface area (Å²) >= 11 is 0. The first-order valence-corrected chi connectivity index (χ1v) is 7.22. The summed E-state index contributed by atoms with van der Waals surface area (Å²) in [6.45, 7) is 4.61. The van der Waals surface area contributed by atoms with Crippen LogP contribution in [0.4, 0.5) is 17.6 Å². The normalized spacial score (nSPS) is 15.3. The molecule has 23 heavy (non-hydrogen) atoms. The Kier molecular flexibility index (Phi) is 7.45. The third-order valence-corrected chi connectivity index (χ3v) is 2.97. The molecular weight excluding hydrogens is 306 g/mol. The van der Waals surface area contributed by atoms with Crippen LogP contribution in [0.3, 0.4) is 0 Å². The summed E-state index contributed by atoms with van der Waals surface area (Å²) in [5, 5.41) is 0. The molecule has 0 N–H and O–H groups in total. The predicted molar refractivity (Wildman–Crippen MR) is 86.3 cm³/mol. The lowest BCUT2D eigenvalue weighted by molar-refractivity contribution is 0.424. The van der Waals surface area contributed by atoms with Gasteiger partial charge < -0.3 is 0 Å². The highest BCUT2D eigenvalue weighted by molar-refractivity contribution is 5.78. The molecule has 0 radical (unpaired) electrons. The van der Waals surface area contributed by atoms with Gasteiger partial charge in [-0.05, 0) is 56.2 Å². The number of alkyl halides is 1. The van der Waals surface area contributed by atoms with Crippen molar-refractivity contribution in [3.8, 4) is 0 Å². The number of pyridine rings is 1. The van der Waals surface area contributed by atoms with Crippen LogP contribution in [0.2, 0.25) is 0 Å². The second-order valence-corrected chi connectivity index (χ2v) is 4.94. The van der Waals surface area contributed by atoms with Crippen LogP contribution in [-0.4, -0.2) is 11.2 Å². The second kappa shape index (κ2) is 9.08. The Balaban J connectivity index is 3.34. The van der Waals surface area contributed by atoms with E-state index in [-0.39, 0.29) is 17.6 Å². The van der Waals surface area contributed by atoms with Gasteiger partial charge >= 0.3 is 0 Å². The van der Waals surface area contributed by atoms with Gasteiger partial charge in [0, 0.05) is 17.3 Å². The molecule has 0 saturated heterocycles. The van der Waals surface area contributed by atoms with E-state index in [2.05, 4.69) is 4.98 Å². The Labute approximate surface area is 133 Å². The number of aryl methyl sites for hydroxylation is 1. The van der Waals surface area contributed by atoms with E-state index in [0.717, 1.165) is 12.2 Å². The summed E-state index contributed by atoms with van der Waals surface area (Å²) in [6.07, 6.45) is 4.87. The number of allylic oxidation sites excluding steroid dienone is 6. The standard InChI is InChI=1S/C18H19F4N/c1-4-6-16(21)18-12(2)9-14(11-23-18)15(7-5-8-19)17(22)10-13(3)20/h5-11,13H,4H2,1-3H3/b8-5-,15-7-,16-6+,17-10-. The molecule has 0 fully saturated rings. The Hall–Kier alpha value is -2.17. The minimum absolute atomic E-state index is 0.0228. The van der Waals surface area contributed by atoms with Gasteiger partial charge in [-0.3, -0.25) is 4.98 Å². The highest BCUT2D eigenvalue weighted by atomic mass is 19.1. The fourth-order valence-electron chi connectivity index (χ4n) is 1.99. The number of hydrogen-bond acceptors (Lipinski definition) is 1. The monoisotopic (exact) mass is 325 g/mol. The molecule has 0 aliphatic carbocycles. The van der Waals surface area contributed by atoms with Crippen molar-refractivity contribution in [2.75, 3.05) is 0 Å². The maximum absolute atomic E-state index is 14.1. The molecule has 1 heterocycles. The molecule has 1 rings (SSSR count). The summed E-state index contributed by atoms with van der Waals surface area (Å²) in [5.41, 5.74) is 0.952. The van der Waals surface area contributed by atoms with E-state index in [9.17, 15) is 17.6 Å². The largest absolute Gasteiger partial charge is 0.253 e. The van der Waals surface area contributed by atoms with Gasteiger partial charge in [-0.1, -0.05) is 6.92 Å². The zero-order valence-corrected chi connectivity index (χ0v) is 13.3. The highest BCUT2D eigenvalue weighted by Gasteiger charge is 2.13. The molecule has 0 saturated carbocycles. The Morgan fingerprint density at radius 1 is 1.35 bits per heavy atom. The van der Waals surface area contributed by atoms with Gasteiger partial charge in [0.05, 0.1) is 6.33 Å². The summed E-state index contributed by atoms with van der Waals surface area (Å²) in [5.74, 6) is -1.30. The van der Waals surface area contributed by atoms with Crippen molar-refractivity contribution in [1.29, 1.82) is 0 Å². The van der Waals surface area contributed by atoms with Gasteiger partial charge in [0.1, 0.15) is 23.5 Å². The van der Waals surface area contributed by atoms with Crippen LogP contribution in [0.25, 0.3) is 11.4 Å². The van der Waals surface area contributed by atoms with E-state index in [4.69, 9.17) is 0 Å². The summed E-state index contributed by atoms with van der Waals surface area (Å²) in [6, 6.07) is 1.53. The maximum Gasteiger partial charge on any atom is 0.145 e. The topological polar surface area (TPSA) is 12.9 Å². The molecular formula is C18H19F4N. The van der Waals surface area contributed by atoms with Crippen molar-refractivity contribution in [2.24, 2.45) is 0 Å². The Morgan fingerprint density at radius 2 is 2.04 bits per heavy atom. The van der Waals surface area contributed by atoms with Crippen LogP contribution in [0.15, 0.2) is 48.7 Å². The van der Waals surface area contributed by atoms with Crippen molar-refractivity contribution < 1.29 is 17.6 Å². The molecule has 1 unspecified atom stereocenters. The molecule has 1 aromatic heterocycles. The Morgan fingerprint density at radius 3 is 2.57 bits per heavy atom. The Bertz CT molecular complexity index is 655. The molecule has 1 atom stereocenters. The maximum atomic E-state index is 14.1. The van der Waals surface area contributed by atoms with E-state index in [1.807, 2.05) is 0 Å². The number of rotatable bonds is 6. The average molecular weight is 325 g/mol. The van der Waals surface area contributed by atoms with Crippen LogP contribution in [0.5, 0.6) is 0 Å². The molecule has 0 aliphatic heterocycles. The lowest BCUT2D eigenvalue weighted by Crippen LogP contribution is -1.96. The van der Waals surface area contributed by atoms with Crippen molar-refractivity contribution in [3.05, 3.63) is 65.5 Å². The van der Waals surface area contributed by atoms with Gasteiger partial charge in [-0.2, -0.15) is 0 Å². The molecule has 5 heteroatoms. The SMILES string of the molecule is CC/C=C(/F)c1ncc(C(=C/C=C\F)/C(F)=C/C(C)F)cc1C. The first-order valence-electron chi connectivity index (χ1n) is 7.22. The van der Waals surface area contributed by atoms with Gasteiger partial charge in [0.25, 0.3) is 0 Å². The minimum atomic E-state index is -1.49. The van der Waals surface area contributed by atoms with Crippen LogP contribution >= 0.6 is 0 Å². The number of aromatic nitrogens is 1. The smallest absolute Gasteiger partial charge is 0.145 e. The van der Waals surface area contributed by atoms with Gasteiger partial charge in [-0.15, -0.1) is 0 Å². The molecule has 1 nitrogen and oxygen atoms in total. The summed E-state index contributed by atoms with van der Waals surface area (Å²) in [4.78, 5) is 4.00. The fourth-order valence-corrected chi connectivity index (χ4v) is 1.99. The van der Waals surface area contributed by atoms with Crippen molar-refractivity contribution in [2.45, 2.75) is 33.4 Å². The fraction of sp³-hybridized carbons (Fsp3) is 0.278. The number of halogens is 4. The van der Waals surface area contributed by atoms with Crippen LogP contribution in [-0.2, 0) is 0 Å². The van der Waals surface area contributed by atoms with Crippen LogP contribution in [0, 0.1) is 6.92 Å². The molecule has 124 valence electrons. The predicted octanol–water partition coefficient (Wildman–Crippen LogP) is 6.19. The van der Waals surface area contributed by atoms with E-state index in [1.165, 1.54) is 31.3 Å². The van der Waals surface area contributed by atoms with E-state index < -0.39 is 17.8 Å². The third kappa shape index (κ3) is 5.51. The van der Waals surface area contributed by atoms with E-state index in [0.29, 0.717) is 17.5 Å². The van der Waals surface area contributed by atoms with Crippen LogP contribution < -0.4 is 0 Å². The lowest BCUT2D eigenvalue weighted by atomic mass is 10.0. The molecule has 0 aliphatic rings. The first kappa shape index (κ1) is 18.9. The van der Waals surface area contributed by atoms with Crippen molar-refractivity contribution in [3.63, 3.8) is 0 Å². The zero-order chi connectivity index (χ0) is 17.4. The minimum Gasteiger partial charge on any atom is -0.253 e. The quantitative estimate of drug-likeness (QED) is 0.449. The lowest BCUT2D eigenvalue weighted by Gasteiger charge is -2.09. The van der Waals surface area contributed by atoms with E-state index in [1.54, 1.807) is 13.8 Å². The van der Waals surface area contributed by atoms with Crippen molar-refractivity contribution in [1.82, 2.24) is 4.98 Å². The number of hydrogen-bond donors (Lipinski definition) is 0. The van der Waals surface area contributed by atoms with Crippen LogP contribution in [0.1, 0.15) is 37.1 Å². The summed E-state index contributed by atoms with van der Waals surface area (Å²) < 4.78 is 53.2. The average Bonchev–Trinajstić information content (AvgIpc) is 2.47. The molecule has 1 aromatic rings. The van der Waals surface area contributed by atoms with E-state index >= 15 is 0 Å².